The summed E-state index contributed by atoms with van der Waals surface area (Å²) in [6.07, 6.45) is 1.12. The molecule has 1 fully saturated rings. The minimum atomic E-state index is -3.80. The molecule has 0 saturated carbocycles. The number of hydrogen-bond donors (Lipinski definition) is 0. The third kappa shape index (κ3) is 4.71. The summed E-state index contributed by atoms with van der Waals surface area (Å²) in [5.41, 5.74) is 1.96. The molecule has 0 bridgehead atoms. The average Bonchev–Trinajstić information content (AvgIpc) is 3.46. The largest absolute Gasteiger partial charge is 0.308 e. The van der Waals surface area contributed by atoms with E-state index in [9.17, 15) is 13.2 Å². The Morgan fingerprint density at radius 2 is 2.00 bits per heavy atom. The maximum atomic E-state index is 13.7. The lowest BCUT2D eigenvalue weighted by atomic mass is 10.2. The highest BCUT2D eigenvalue weighted by molar-refractivity contribution is 7.91. The topological polar surface area (TPSA) is 73.8 Å². The first-order valence-electron chi connectivity index (χ1n) is 10.3. The second-order valence-electron chi connectivity index (χ2n) is 8.09. The molecular formula is C21H25ClN4O3S3. The smallest absolute Gasteiger partial charge is 0.253 e. The zero-order valence-corrected chi connectivity index (χ0v) is 21.3. The Bertz CT molecular complexity index is 1240. The summed E-state index contributed by atoms with van der Waals surface area (Å²) in [4.78, 5) is 22.1. The molecule has 4 rings (SSSR count). The van der Waals surface area contributed by atoms with Gasteiger partial charge in [-0.05, 0) is 63.7 Å². The van der Waals surface area contributed by atoms with E-state index in [-0.39, 0.29) is 10.1 Å². The molecule has 1 aliphatic rings. The summed E-state index contributed by atoms with van der Waals surface area (Å²) in [6.45, 7) is 3.40. The van der Waals surface area contributed by atoms with Crippen molar-refractivity contribution in [3.63, 3.8) is 0 Å². The Hall–Kier alpha value is -1.56. The van der Waals surface area contributed by atoms with E-state index in [1.54, 1.807) is 11.0 Å². The number of benzene rings is 1. The van der Waals surface area contributed by atoms with Crippen LogP contribution >= 0.6 is 34.3 Å². The van der Waals surface area contributed by atoms with Crippen LogP contribution in [0.4, 0.5) is 5.13 Å². The highest BCUT2D eigenvalue weighted by atomic mass is 35.5. The van der Waals surface area contributed by atoms with E-state index in [4.69, 9.17) is 16.6 Å². The molecule has 1 amide bonds. The lowest BCUT2D eigenvalue weighted by Gasteiger charge is -2.29. The minimum Gasteiger partial charge on any atom is -0.308 e. The highest BCUT2D eigenvalue weighted by Gasteiger charge is 2.42. The number of likely N-dealkylation sites (N-methyl/N-ethyl adjacent to an activating group) is 1. The second-order valence-corrected chi connectivity index (χ2v) is 12.9. The van der Waals surface area contributed by atoms with Gasteiger partial charge in [-0.25, -0.2) is 13.4 Å². The van der Waals surface area contributed by atoms with Crippen molar-refractivity contribution in [3.8, 4) is 0 Å². The number of sulfonamides is 1. The number of anilines is 1. The van der Waals surface area contributed by atoms with E-state index in [1.807, 2.05) is 38.1 Å². The van der Waals surface area contributed by atoms with E-state index >= 15 is 0 Å². The normalized spacial score (nSPS) is 17.5. The molecule has 3 heterocycles. The third-order valence-corrected chi connectivity index (χ3v) is 10.0. The van der Waals surface area contributed by atoms with Crippen LogP contribution in [0.5, 0.6) is 0 Å². The van der Waals surface area contributed by atoms with Gasteiger partial charge in [0.05, 0.1) is 14.6 Å². The van der Waals surface area contributed by atoms with Gasteiger partial charge in [-0.2, -0.15) is 4.31 Å². The lowest BCUT2D eigenvalue weighted by molar-refractivity contribution is -0.121. The summed E-state index contributed by atoms with van der Waals surface area (Å²) < 4.78 is 29.4. The number of nitrogens with zero attached hydrogens (tertiary/aromatic N) is 4. The lowest BCUT2D eigenvalue weighted by Crippen LogP contribution is -2.49. The second kappa shape index (κ2) is 9.36. The van der Waals surface area contributed by atoms with Crippen LogP contribution in [0.2, 0.25) is 4.34 Å². The number of thiophene rings is 1. The number of halogens is 1. The summed E-state index contributed by atoms with van der Waals surface area (Å²) in [5, 5.41) is 0.598. The standard InChI is InChI=1S/C21H25ClN4O3S3/c1-14-6-7-15-17(13-14)30-21(23-15)25(12-11-24(2)3)20(27)16-5-4-10-26(16)32(28,29)19-9-8-18(22)31-19/h6-9,13,16H,4-5,10-12H2,1-3H3. The van der Waals surface area contributed by atoms with Crippen LogP contribution in [-0.4, -0.2) is 68.3 Å². The van der Waals surface area contributed by atoms with Crippen LogP contribution in [0.1, 0.15) is 18.4 Å². The van der Waals surface area contributed by atoms with Gasteiger partial charge in [-0.1, -0.05) is 29.0 Å². The first-order chi connectivity index (χ1) is 15.2. The number of aromatic nitrogens is 1. The molecule has 3 aromatic rings. The van der Waals surface area contributed by atoms with E-state index in [1.165, 1.54) is 21.7 Å². The first-order valence-corrected chi connectivity index (χ1v) is 13.7. The molecule has 1 saturated heterocycles. The number of rotatable bonds is 7. The maximum absolute atomic E-state index is 13.7. The Balaban J connectivity index is 1.67. The van der Waals surface area contributed by atoms with Crippen molar-refractivity contribution in [2.75, 3.05) is 38.6 Å². The Kier molecular flexibility index (Phi) is 6.90. The maximum Gasteiger partial charge on any atom is 0.253 e. The predicted molar refractivity (Wildman–Crippen MR) is 132 cm³/mol. The van der Waals surface area contributed by atoms with E-state index in [0.29, 0.717) is 41.9 Å². The molecule has 11 heteroatoms. The predicted octanol–water partition coefficient (Wildman–Crippen LogP) is 4.07. The van der Waals surface area contributed by atoms with Crippen molar-refractivity contribution in [1.82, 2.24) is 14.2 Å². The van der Waals surface area contributed by atoms with Crippen LogP contribution in [0.3, 0.4) is 0 Å². The van der Waals surface area contributed by atoms with Gasteiger partial charge >= 0.3 is 0 Å². The van der Waals surface area contributed by atoms with Gasteiger partial charge in [0, 0.05) is 19.6 Å². The zero-order chi connectivity index (χ0) is 23.0. The summed E-state index contributed by atoms with van der Waals surface area (Å²) in [6, 6.07) is 8.32. The summed E-state index contributed by atoms with van der Waals surface area (Å²) >= 11 is 8.44. The zero-order valence-electron chi connectivity index (χ0n) is 18.1. The number of aryl methyl sites for hydroxylation is 1. The first kappa shape index (κ1) is 23.6. The molecule has 1 atom stereocenters. The molecule has 2 aromatic heterocycles. The third-order valence-electron chi connectivity index (χ3n) is 5.40. The highest BCUT2D eigenvalue weighted by Crippen LogP contribution is 2.35. The fraction of sp³-hybridized carbons (Fsp3) is 0.429. The number of hydrogen-bond acceptors (Lipinski definition) is 7. The number of amides is 1. The molecule has 172 valence electrons. The van der Waals surface area contributed by atoms with Gasteiger partial charge in [0.2, 0.25) is 5.91 Å². The molecule has 1 aromatic carbocycles. The fourth-order valence-corrected chi connectivity index (χ4v) is 8.10. The van der Waals surface area contributed by atoms with Crippen LogP contribution < -0.4 is 4.90 Å². The van der Waals surface area contributed by atoms with Gasteiger partial charge in [0.25, 0.3) is 10.0 Å². The van der Waals surface area contributed by atoms with Gasteiger partial charge in [0.15, 0.2) is 5.13 Å². The number of carbonyl (C=O) groups is 1. The molecular weight excluding hydrogens is 488 g/mol. The van der Waals surface area contributed by atoms with Crippen molar-refractivity contribution in [3.05, 3.63) is 40.2 Å². The fourth-order valence-electron chi connectivity index (χ4n) is 3.74. The molecule has 0 radical (unpaired) electrons. The van der Waals surface area contributed by atoms with Crippen LogP contribution in [0, 0.1) is 6.92 Å². The molecule has 0 N–H and O–H groups in total. The monoisotopic (exact) mass is 512 g/mol. The van der Waals surface area contributed by atoms with E-state index in [0.717, 1.165) is 27.1 Å². The number of thiazole rings is 1. The molecule has 1 aliphatic heterocycles. The Morgan fingerprint density at radius 3 is 2.69 bits per heavy atom. The Labute approximate surface area is 201 Å². The molecule has 0 spiro atoms. The van der Waals surface area contributed by atoms with Crippen LogP contribution in [0.15, 0.2) is 34.5 Å². The Morgan fingerprint density at radius 1 is 1.22 bits per heavy atom. The molecule has 32 heavy (non-hydrogen) atoms. The van der Waals surface area contributed by atoms with Crippen LogP contribution in [-0.2, 0) is 14.8 Å². The van der Waals surface area contributed by atoms with Crippen molar-refractivity contribution < 1.29 is 13.2 Å². The SMILES string of the molecule is Cc1ccc2nc(N(CCN(C)C)C(=O)C3CCCN3S(=O)(=O)c3ccc(Cl)s3)sc2c1. The summed E-state index contributed by atoms with van der Waals surface area (Å²) in [7, 11) is 0.0866. The van der Waals surface area contributed by atoms with Crippen molar-refractivity contribution in [2.24, 2.45) is 0 Å². The average molecular weight is 513 g/mol. The van der Waals surface area contributed by atoms with Crippen molar-refractivity contribution in [1.29, 1.82) is 0 Å². The van der Waals surface area contributed by atoms with Gasteiger partial charge < -0.3 is 4.90 Å². The quantitative estimate of drug-likeness (QED) is 0.477. The van der Waals surface area contributed by atoms with Gasteiger partial charge in [0.1, 0.15) is 10.3 Å². The molecule has 0 aliphatic carbocycles. The minimum absolute atomic E-state index is 0.164. The van der Waals surface area contributed by atoms with Crippen molar-refractivity contribution in [2.45, 2.75) is 30.0 Å². The summed E-state index contributed by atoms with van der Waals surface area (Å²) in [5.74, 6) is -0.230. The van der Waals surface area contributed by atoms with E-state index in [2.05, 4.69) is 6.07 Å². The molecule has 1 unspecified atom stereocenters. The number of fused-ring (bicyclic) bond motifs is 1. The van der Waals surface area contributed by atoms with Gasteiger partial charge in [-0.15, -0.1) is 11.3 Å². The van der Waals surface area contributed by atoms with E-state index < -0.39 is 16.1 Å². The van der Waals surface area contributed by atoms with Crippen molar-refractivity contribution >= 4 is 65.6 Å². The van der Waals surface area contributed by atoms with Gasteiger partial charge in [-0.3, -0.25) is 9.69 Å². The van der Waals surface area contributed by atoms with Crippen LogP contribution in [0.25, 0.3) is 10.2 Å². The number of carbonyl (C=O) groups excluding carboxylic acids is 1. The molecule has 7 nitrogen and oxygen atoms in total.